The highest BCUT2D eigenvalue weighted by atomic mass is 79.9. The molecule has 0 fully saturated rings. The van der Waals surface area contributed by atoms with Crippen molar-refractivity contribution >= 4 is 27.7 Å². The molecule has 0 bridgehead atoms. The maximum Gasteiger partial charge on any atom is 0.243 e. The molecule has 35 heavy (non-hydrogen) atoms. The number of nitrogens with one attached hydrogen (secondary N) is 1. The summed E-state index contributed by atoms with van der Waals surface area (Å²) >= 11 is 3.49. The van der Waals surface area contributed by atoms with E-state index in [0.29, 0.717) is 13.0 Å². The highest BCUT2D eigenvalue weighted by molar-refractivity contribution is 9.10. The molecular weight excluding hydrogens is 500 g/mol. The summed E-state index contributed by atoms with van der Waals surface area (Å²) in [6.07, 6.45) is 1.54. The predicted octanol–water partition coefficient (Wildman–Crippen LogP) is 6.16. The lowest BCUT2D eigenvalue weighted by Crippen LogP contribution is -2.52. The number of halogens is 1. The Labute approximate surface area is 217 Å². The molecule has 0 aliphatic rings. The van der Waals surface area contributed by atoms with Crippen molar-refractivity contribution < 1.29 is 9.59 Å². The van der Waals surface area contributed by atoms with Crippen LogP contribution in [0.15, 0.2) is 77.3 Å². The minimum Gasteiger partial charge on any atom is -0.352 e. The van der Waals surface area contributed by atoms with Gasteiger partial charge in [-0.1, -0.05) is 89.1 Å². The van der Waals surface area contributed by atoms with Gasteiger partial charge < -0.3 is 10.2 Å². The first-order valence-electron chi connectivity index (χ1n) is 12.2. The van der Waals surface area contributed by atoms with E-state index in [-0.39, 0.29) is 24.3 Å². The third-order valence-corrected chi connectivity index (χ3v) is 6.91. The van der Waals surface area contributed by atoms with E-state index in [9.17, 15) is 9.59 Å². The highest BCUT2D eigenvalue weighted by Crippen LogP contribution is 2.20. The molecule has 5 heteroatoms. The van der Waals surface area contributed by atoms with Crippen molar-refractivity contribution in [1.82, 2.24) is 10.2 Å². The maximum atomic E-state index is 13.9. The van der Waals surface area contributed by atoms with E-state index < -0.39 is 6.04 Å². The predicted molar refractivity (Wildman–Crippen MR) is 146 cm³/mol. The number of hydrogen-bond acceptors (Lipinski definition) is 2. The van der Waals surface area contributed by atoms with E-state index in [1.165, 1.54) is 0 Å². The summed E-state index contributed by atoms with van der Waals surface area (Å²) in [6.45, 7) is 8.46. The zero-order valence-corrected chi connectivity index (χ0v) is 22.6. The van der Waals surface area contributed by atoms with Crippen molar-refractivity contribution in [2.24, 2.45) is 0 Å². The molecule has 4 nitrogen and oxygen atoms in total. The lowest BCUT2D eigenvalue weighted by molar-refractivity contribution is -0.141. The molecule has 0 radical (unpaired) electrons. The van der Waals surface area contributed by atoms with E-state index in [2.05, 4.69) is 33.4 Å². The number of aryl methyl sites for hydroxylation is 2. The first kappa shape index (κ1) is 26.7. The number of carbonyl (C=O) groups excluding carboxylic acids is 2. The summed E-state index contributed by atoms with van der Waals surface area (Å²) in [4.78, 5) is 29.2. The van der Waals surface area contributed by atoms with Gasteiger partial charge in [0, 0.05) is 23.5 Å². The van der Waals surface area contributed by atoms with Crippen molar-refractivity contribution in [1.29, 1.82) is 0 Å². The largest absolute Gasteiger partial charge is 0.352 e. The molecule has 0 aliphatic carbocycles. The van der Waals surface area contributed by atoms with Gasteiger partial charge in [-0.05, 0) is 61.6 Å². The van der Waals surface area contributed by atoms with E-state index in [1.54, 1.807) is 4.90 Å². The molecule has 0 aliphatic heterocycles. The Morgan fingerprint density at radius 3 is 2.29 bits per heavy atom. The molecule has 0 aromatic heterocycles. The highest BCUT2D eigenvalue weighted by Gasteiger charge is 2.31. The Balaban J connectivity index is 1.99. The maximum absolute atomic E-state index is 13.9. The zero-order chi connectivity index (χ0) is 25.4. The van der Waals surface area contributed by atoms with Crippen molar-refractivity contribution in [3.05, 3.63) is 105 Å². The quantitative estimate of drug-likeness (QED) is 0.338. The van der Waals surface area contributed by atoms with Crippen LogP contribution in [0, 0.1) is 13.8 Å². The molecule has 0 heterocycles. The molecule has 2 atom stereocenters. The van der Waals surface area contributed by atoms with Crippen LogP contribution in [0.25, 0.3) is 0 Å². The molecule has 1 N–H and O–H groups in total. The number of carbonyl (C=O) groups is 2. The van der Waals surface area contributed by atoms with Crippen LogP contribution in [0.4, 0.5) is 0 Å². The van der Waals surface area contributed by atoms with E-state index in [4.69, 9.17) is 0 Å². The topological polar surface area (TPSA) is 49.4 Å². The van der Waals surface area contributed by atoms with Gasteiger partial charge in [-0.2, -0.15) is 0 Å². The zero-order valence-electron chi connectivity index (χ0n) is 21.1. The van der Waals surface area contributed by atoms with Crippen molar-refractivity contribution in [2.75, 3.05) is 0 Å². The van der Waals surface area contributed by atoms with Crippen molar-refractivity contribution in [2.45, 2.75) is 65.6 Å². The second-order valence-corrected chi connectivity index (χ2v) is 10.2. The fraction of sp³-hybridized carbons (Fsp3) is 0.333. The second-order valence-electron chi connectivity index (χ2n) is 9.28. The minimum atomic E-state index is -0.618. The summed E-state index contributed by atoms with van der Waals surface area (Å²) in [5.74, 6) is -0.170. The standard InChI is InChI=1S/C30H35BrN2O2/c1-5-23(4)32-30(35)28(18-24-9-7-6-8-10-24)33(20-25-13-15-27(31)16-14-25)29(34)19-26-17-21(2)11-12-22(26)3/h6-17,23,28H,5,18-20H2,1-4H3,(H,32,35)/t23-,28-/m0/s1. The summed E-state index contributed by atoms with van der Waals surface area (Å²) in [7, 11) is 0. The summed E-state index contributed by atoms with van der Waals surface area (Å²) in [5, 5.41) is 3.12. The summed E-state index contributed by atoms with van der Waals surface area (Å²) < 4.78 is 0.977. The Kier molecular flexibility index (Phi) is 9.67. The smallest absolute Gasteiger partial charge is 0.243 e. The molecule has 2 amide bonds. The van der Waals surface area contributed by atoms with Crippen LogP contribution >= 0.6 is 15.9 Å². The molecular formula is C30H35BrN2O2. The first-order valence-corrected chi connectivity index (χ1v) is 13.0. The fourth-order valence-corrected chi connectivity index (χ4v) is 4.30. The Hall–Kier alpha value is -2.92. The minimum absolute atomic E-state index is 0.0319. The van der Waals surface area contributed by atoms with Gasteiger partial charge in [-0.15, -0.1) is 0 Å². The Morgan fingerprint density at radius 1 is 0.943 bits per heavy atom. The molecule has 3 rings (SSSR count). The SMILES string of the molecule is CC[C@H](C)NC(=O)[C@H](Cc1ccccc1)N(Cc1ccc(Br)cc1)C(=O)Cc1cc(C)ccc1C. The average molecular weight is 536 g/mol. The summed E-state index contributed by atoms with van der Waals surface area (Å²) in [5.41, 5.74) is 5.20. The normalized spacial score (nSPS) is 12.6. The van der Waals surface area contributed by atoms with Crippen LogP contribution in [0.5, 0.6) is 0 Å². The number of rotatable bonds is 10. The van der Waals surface area contributed by atoms with E-state index in [1.807, 2.05) is 88.4 Å². The lowest BCUT2D eigenvalue weighted by Gasteiger charge is -2.32. The lowest BCUT2D eigenvalue weighted by atomic mass is 9.99. The molecule has 0 saturated heterocycles. The molecule has 0 unspecified atom stereocenters. The fourth-order valence-electron chi connectivity index (χ4n) is 4.04. The van der Waals surface area contributed by atoms with E-state index in [0.717, 1.165) is 38.7 Å². The second kappa shape index (κ2) is 12.7. The van der Waals surface area contributed by atoms with Crippen molar-refractivity contribution in [3.63, 3.8) is 0 Å². The van der Waals surface area contributed by atoms with Gasteiger partial charge in [-0.3, -0.25) is 9.59 Å². The van der Waals surface area contributed by atoms with Crippen molar-refractivity contribution in [3.8, 4) is 0 Å². The number of hydrogen-bond donors (Lipinski definition) is 1. The van der Waals surface area contributed by atoms with Gasteiger partial charge >= 0.3 is 0 Å². The number of amides is 2. The molecule has 3 aromatic carbocycles. The third kappa shape index (κ3) is 7.79. The monoisotopic (exact) mass is 534 g/mol. The molecule has 184 valence electrons. The van der Waals surface area contributed by atoms with Crippen LogP contribution in [0.2, 0.25) is 0 Å². The van der Waals surface area contributed by atoms with Gasteiger partial charge in [-0.25, -0.2) is 0 Å². The van der Waals surface area contributed by atoms with Crippen LogP contribution in [0.3, 0.4) is 0 Å². The van der Waals surface area contributed by atoms with Gasteiger partial charge in [0.15, 0.2) is 0 Å². The third-order valence-electron chi connectivity index (χ3n) is 6.38. The first-order chi connectivity index (χ1) is 16.8. The van der Waals surface area contributed by atoms with Gasteiger partial charge in [0.25, 0.3) is 0 Å². The Morgan fingerprint density at radius 2 is 1.63 bits per heavy atom. The molecule has 0 saturated carbocycles. The van der Waals surface area contributed by atoms with Crippen LogP contribution in [-0.2, 0) is 29.0 Å². The average Bonchev–Trinajstić information content (AvgIpc) is 2.85. The van der Waals surface area contributed by atoms with Crippen LogP contribution in [-0.4, -0.2) is 28.8 Å². The van der Waals surface area contributed by atoms with Gasteiger partial charge in [0.1, 0.15) is 6.04 Å². The van der Waals surface area contributed by atoms with Gasteiger partial charge in [0.2, 0.25) is 11.8 Å². The Bertz CT molecular complexity index is 1130. The van der Waals surface area contributed by atoms with Crippen LogP contribution in [0.1, 0.15) is 48.1 Å². The van der Waals surface area contributed by atoms with Crippen LogP contribution < -0.4 is 5.32 Å². The van der Waals surface area contributed by atoms with E-state index >= 15 is 0 Å². The molecule has 3 aromatic rings. The number of nitrogens with zero attached hydrogens (tertiary/aromatic N) is 1. The number of benzene rings is 3. The molecule has 0 spiro atoms. The summed E-state index contributed by atoms with van der Waals surface area (Å²) in [6, 6.07) is 23.4. The van der Waals surface area contributed by atoms with Gasteiger partial charge in [0.05, 0.1) is 6.42 Å².